The fourth-order valence-electron chi connectivity index (χ4n) is 10.9. The zero-order valence-electron chi connectivity index (χ0n) is 41.0. The second kappa shape index (κ2) is 18.0. The second-order valence-corrected chi connectivity index (χ2v) is 20.1. The molecule has 9 aromatic carbocycles. The Labute approximate surface area is 428 Å². The van der Waals surface area contributed by atoms with Crippen LogP contribution in [-0.4, -0.2) is 16.7 Å². The van der Waals surface area contributed by atoms with Crippen LogP contribution in [0, 0.1) is 0 Å². The summed E-state index contributed by atoms with van der Waals surface area (Å²) in [5.74, 6) is 1.66. The van der Waals surface area contributed by atoms with E-state index in [1.807, 2.05) is 6.07 Å². The lowest BCUT2D eigenvalue weighted by atomic mass is 9.33. The van der Waals surface area contributed by atoms with Gasteiger partial charge in [-0.15, -0.1) is 0 Å². The Hall–Kier alpha value is -9.06. The predicted octanol–water partition coefficient (Wildman–Crippen LogP) is 15.8. The van der Waals surface area contributed by atoms with Gasteiger partial charge in [-0.05, 0) is 110 Å². The first-order valence-electron chi connectivity index (χ1n) is 25.2. The van der Waals surface area contributed by atoms with Crippen LogP contribution in [0.5, 0.6) is 11.5 Å². The predicted molar refractivity (Wildman–Crippen MR) is 305 cm³/mol. The average Bonchev–Trinajstić information content (AvgIpc) is 3.46. The SMILES string of the molecule is CC(C)(C)c1cc2c3c(c1)N(c1ccccc1-c1ccccc1)c1c(cc(-c4ccccc4)cc1-c1cccc(-c4ccccc4)n1)B3c1cc(-c3ccccc3)cc(-c3cccc(-c4ccccc4)n3)c1O2. The first-order valence-corrected chi connectivity index (χ1v) is 25.2. The zero-order valence-corrected chi connectivity index (χ0v) is 41.0. The summed E-state index contributed by atoms with van der Waals surface area (Å²) in [5, 5.41) is 0. The van der Waals surface area contributed by atoms with Crippen LogP contribution in [0.25, 0.3) is 78.4 Å². The lowest BCUT2D eigenvalue weighted by Gasteiger charge is -2.43. The van der Waals surface area contributed by atoms with Crippen LogP contribution < -0.4 is 26.0 Å². The van der Waals surface area contributed by atoms with Crippen molar-refractivity contribution < 1.29 is 4.74 Å². The van der Waals surface area contributed by atoms with Gasteiger partial charge in [0, 0.05) is 33.5 Å². The highest BCUT2D eigenvalue weighted by molar-refractivity contribution is 6.99. The highest BCUT2D eigenvalue weighted by Gasteiger charge is 2.45. The van der Waals surface area contributed by atoms with Crippen molar-refractivity contribution in [2.24, 2.45) is 0 Å². The summed E-state index contributed by atoms with van der Waals surface area (Å²) in [4.78, 5) is 13.5. The average molecular weight is 936 g/mol. The molecule has 0 N–H and O–H groups in total. The fraction of sp³-hybridized carbons (Fsp3) is 0.0588. The van der Waals surface area contributed by atoms with Crippen molar-refractivity contribution >= 4 is 40.2 Å². The second-order valence-electron chi connectivity index (χ2n) is 20.1. The Morgan fingerprint density at radius 2 is 0.836 bits per heavy atom. The molecule has 0 spiro atoms. The van der Waals surface area contributed by atoms with Crippen molar-refractivity contribution in [3.8, 4) is 89.9 Å². The van der Waals surface area contributed by atoms with Gasteiger partial charge in [0.15, 0.2) is 0 Å². The molecule has 0 amide bonds. The van der Waals surface area contributed by atoms with Gasteiger partial charge in [0.2, 0.25) is 0 Å². The standard InChI is InChI=1S/C68H50BN3O/c1-68(2,3)52-43-63-65-64(44-52)73-67-55(61-37-22-35-59(71-61)49-31-17-8-18-32-49)40-51(46-25-11-5-12-26-46)42-57(67)69(65)56-41-50(45-23-9-4-10-24-45)39-54(60-36-21-34-58(70-60)48-29-15-7-16-30-48)66(56)72(63)62-38-20-19-33-53(62)47-27-13-6-14-28-47/h4-44H,1-3H3. The molecule has 346 valence electrons. The fourth-order valence-corrected chi connectivity index (χ4v) is 10.9. The third-order valence-corrected chi connectivity index (χ3v) is 14.5. The van der Waals surface area contributed by atoms with E-state index >= 15 is 0 Å². The van der Waals surface area contributed by atoms with Crippen LogP contribution in [0.15, 0.2) is 249 Å². The number of rotatable bonds is 8. The van der Waals surface area contributed by atoms with Gasteiger partial charge in [0.25, 0.3) is 6.71 Å². The van der Waals surface area contributed by atoms with E-state index in [1.54, 1.807) is 0 Å². The van der Waals surface area contributed by atoms with Crippen molar-refractivity contribution in [2.45, 2.75) is 26.2 Å². The van der Waals surface area contributed by atoms with E-state index in [1.165, 1.54) is 5.56 Å². The summed E-state index contributed by atoms with van der Waals surface area (Å²) in [6, 6.07) is 89.1. The third kappa shape index (κ3) is 7.91. The number of anilines is 3. The number of fused-ring (bicyclic) bond motifs is 4. The molecule has 4 heterocycles. The zero-order chi connectivity index (χ0) is 49.0. The molecular formula is C68H50BN3O. The number of ether oxygens (including phenoxy) is 1. The molecule has 2 aromatic heterocycles. The van der Waals surface area contributed by atoms with Crippen LogP contribution in [0.2, 0.25) is 0 Å². The summed E-state index contributed by atoms with van der Waals surface area (Å²) in [7, 11) is 0. The number of pyridine rings is 2. The third-order valence-electron chi connectivity index (χ3n) is 14.5. The first-order chi connectivity index (χ1) is 35.8. The van der Waals surface area contributed by atoms with Gasteiger partial charge in [-0.2, -0.15) is 0 Å². The molecule has 5 heteroatoms. The van der Waals surface area contributed by atoms with E-state index in [-0.39, 0.29) is 12.1 Å². The summed E-state index contributed by atoms with van der Waals surface area (Å²) in [6.45, 7) is 6.61. The minimum Gasteiger partial charge on any atom is -0.458 e. The Balaban J connectivity index is 1.18. The molecule has 0 bridgehead atoms. The maximum Gasteiger partial charge on any atom is 0.256 e. The summed E-state index contributed by atoms with van der Waals surface area (Å²) in [6.07, 6.45) is 0. The Kier molecular flexibility index (Phi) is 10.8. The molecule has 0 fully saturated rings. The van der Waals surface area contributed by atoms with Gasteiger partial charge in [-0.25, -0.2) is 9.97 Å². The number of hydrogen-bond donors (Lipinski definition) is 0. The molecule has 0 radical (unpaired) electrons. The maximum absolute atomic E-state index is 7.61. The number of nitrogens with zero attached hydrogens (tertiary/aromatic N) is 3. The number of aromatic nitrogens is 2. The van der Waals surface area contributed by atoms with E-state index < -0.39 is 0 Å². The van der Waals surface area contributed by atoms with Crippen LogP contribution in [0.1, 0.15) is 26.3 Å². The maximum atomic E-state index is 7.61. The summed E-state index contributed by atoms with van der Waals surface area (Å²) >= 11 is 0. The summed E-state index contributed by atoms with van der Waals surface area (Å²) in [5.41, 5.74) is 21.9. The largest absolute Gasteiger partial charge is 0.458 e. The first kappa shape index (κ1) is 43.9. The molecular weight excluding hydrogens is 886 g/mol. The molecule has 13 rings (SSSR count). The quantitative estimate of drug-likeness (QED) is 0.142. The molecule has 11 aromatic rings. The molecule has 0 unspecified atom stereocenters. The molecule has 0 atom stereocenters. The number of para-hydroxylation sites is 1. The Morgan fingerprint density at radius 3 is 1.40 bits per heavy atom. The van der Waals surface area contributed by atoms with E-state index in [0.29, 0.717) is 0 Å². The van der Waals surface area contributed by atoms with E-state index in [9.17, 15) is 0 Å². The smallest absolute Gasteiger partial charge is 0.256 e. The normalized spacial score (nSPS) is 12.4. The molecule has 2 aliphatic heterocycles. The molecule has 0 saturated heterocycles. The van der Waals surface area contributed by atoms with Crippen molar-refractivity contribution in [1.82, 2.24) is 9.97 Å². The minimum absolute atomic E-state index is 0.229. The van der Waals surface area contributed by atoms with Crippen molar-refractivity contribution in [2.75, 3.05) is 4.90 Å². The van der Waals surface area contributed by atoms with Gasteiger partial charge in [-0.3, -0.25) is 0 Å². The molecule has 0 saturated carbocycles. The van der Waals surface area contributed by atoms with Gasteiger partial charge in [0.05, 0.1) is 34.2 Å². The van der Waals surface area contributed by atoms with Crippen LogP contribution in [0.3, 0.4) is 0 Å². The van der Waals surface area contributed by atoms with Crippen LogP contribution >= 0.6 is 0 Å². The van der Waals surface area contributed by atoms with Crippen molar-refractivity contribution in [3.05, 3.63) is 254 Å². The van der Waals surface area contributed by atoms with Gasteiger partial charge < -0.3 is 9.64 Å². The van der Waals surface area contributed by atoms with Crippen molar-refractivity contribution in [3.63, 3.8) is 0 Å². The van der Waals surface area contributed by atoms with Crippen LogP contribution in [0.4, 0.5) is 17.1 Å². The van der Waals surface area contributed by atoms with Crippen molar-refractivity contribution in [1.29, 1.82) is 0 Å². The van der Waals surface area contributed by atoms with Gasteiger partial charge in [0.1, 0.15) is 11.5 Å². The highest BCUT2D eigenvalue weighted by atomic mass is 16.5. The topological polar surface area (TPSA) is 38.2 Å². The van der Waals surface area contributed by atoms with Crippen LogP contribution in [-0.2, 0) is 5.41 Å². The molecule has 73 heavy (non-hydrogen) atoms. The molecule has 2 aliphatic rings. The molecule has 4 nitrogen and oxygen atoms in total. The highest BCUT2D eigenvalue weighted by Crippen LogP contribution is 2.51. The Bertz CT molecular complexity index is 3860. The lowest BCUT2D eigenvalue weighted by Crippen LogP contribution is -2.60. The van der Waals surface area contributed by atoms with Gasteiger partial charge >= 0.3 is 0 Å². The Morgan fingerprint density at radius 1 is 0.370 bits per heavy atom. The minimum atomic E-state index is -0.266. The summed E-state index contributed by atoms with van der Waals surface area (Å²) < 4.78 is 7.61. The monoisotopic (exact) mass is 935 g/mol. The van der Waals surface area contributed by atoms with E-state index in [4.69, 9.17) is 14.7 Å². The lowest BCUT2D eigenvalue weighted by molar-refractivity contribution is 0.485. The van der Waals surface area contributed by atoms with Gasteiger partial charge in [-0.1, -0.05) is 215 Å². The number of benzene rings is 9. The molecule has 0 aliphatic carbocycles. The van der Waals surface area contributed by atoms with E-state index in [2.05, 4.69) is 268 Å². The van der Waals surface area contributed by atoms with E-state index in [0.717, 1.165) is 123 Å². The number of hydrogen-bond acceptors (Lipinski definition) is 4.